The van der Waals surface area contributed by atoms with Crippen molar-refractivity contribution >= 4 is 27.0 Å². The third-order valence-corrected chi connectivity index (χ3v) is 5.79. The van der Waals surface area contributed by atoms with E-state index in [0.717, 1.165) is 0 Å². The van der Waals surface area contributed by atoms with Crippen molar-refractivity contribution in [3.05, 3.63) is 17.8 Å². The number of ether oxygens (including phenoxy) is 2. The smallest absolute Gasteiger partial charge is 0.231 e. The first-order chi connectivity index (χ1) is 15.0. The fourth-order valence-corrected chi connectivity index (χ4v) is 4.00. The van der Waals surface area contributed by atoms with Crippen molar-refractivity contribution in [2.75, 3.05) is 61.7 Å². The summed E-state index contributed by atoms with van der Waals surface area (Å²) in [5, 5.41) is 9.82. The van der Waals surface area contributed by atoms with Gasteiger partial charge in [0.2, 0.25) is 11.9 Å². The summed E-state index contributed by atoms with van der Waals surface area (Å²) < 4.78 is 25.4. The lowest BCUT2D eigenvalue weighted by atomic mass is 10.1. The van der Waals surface area contributed by atoms with Gasteiger partial charge < -0.3 is 30.1 Å². The van der Waals surface area contributed by atoms with Crippen LogP contribution < -0.4 is 15.5 Å². The summed E-state index contributed by atoms with van der Waals surface area (Å²) in [7, 11) is 2.12. The quantitative estimate of drug-likeness (QED) is 0.631. The van der Waals surface area contributed by atoms with Gasteiger partial charge in [-0.3, -0.25) is 0 Å². The number of hydrogen-bond acceptors (Lipinski definition) is 10. The normalized spacial score (nSPS) is 23.1. The van der Waals surface area contributed by atoms with E-state index in [2.05, 4.69) is 24.2 Å². The van der Waals surface area contributed by atoms with Crippen LogP contribution in [0.4, 0.5) is 22.1 Å². The van der Waals surface area contributed by atoms with Gasteiger partial charge in [0.25, 0.3) is 0 Å². The number of nitrogens with two attached hydrogens (primary N) is 1. The molecule has 2 aliphatic rings. The molecule has 168 valence electrons. The van der Waals surface area contributed by atoms with Crippen LogP contribution in [0.2, 0.25) is 0 Å². The van der Waals surface area contributed by atoms with Gasteiger partial charge in [-0.05, 0) is 13.0 Å². The summed E-state index contributed by atoms with van der Waals surface area (Å²) in [6.45, 7) is 5.06. The summed E-state index contributed by atoms with van der Waals surface area (Å²) in [6.07, 6.45) is 1.48. The average Bonchev–Trinajstić information content (AvgIpc) is 2.79. The molecular formula is C19H27FN7O3P. The third kappa shape index (κ3) is 4.69. The molecule has 4 unspecified atom stereocenters. The Morgan fingerprint density at radius 2 is 1.87 bits per heavy atom. The standard InChI is InChI=1S/C19H27FN7O3P/c1-11-9-29-4-2-26(11)18-23-17(14-7-22-15(21)6-13(14)16(20)31)24-19(25-18)27-3-5-30-10-12(27)8-28/h6-7,11-12,16,28H,2-5,8-10,31H2,1H3,(H2,21,22). The van der Waals surface area contributed by atoms with Crippen LogP contribution in [-0.2, 0) is 9.47 Å². The predicted molar refractivity (Wildman–Crippen MR) is 118 cm³/mol. The van der Waals surface area contributed by atoms with E-state index in [-0.39, 0.29) is 24.5 Å². The highest BCUT2D eigenvalue weighted by Gasteiger charge is 2.29. The SMILES string of the molecule is CC1COCCN1c1nc(-c2cnc(N)cc2C(F)P)nc(N2CCOCC2CO)n1. The number of aromatic nitrogens is 4. The van der Waals surface area contributed by atoms with Crippen LogP contribution >= 0.6 is 9.24 Å². The number of morpholine rings is 2. The van der Waals surface area contributed by atoms with Crippen molar-refractivity contribution in [3.8, 4) is 11.4 Å². The van der Waals surface area contributed by atoms with E-state index < -0.39 is 5.91 Å². The van der Waals surface area contributed by atoms with Crippen molar-refractivity contribution in [2.45, 2.75) is 24.9 Å². The number of nitrogen functional groups attached to an aromatic ring is 1. The Labute approximate surface area is 182 Å². The monoisotopic (exact) mass is 451 g/mol. The van der Waals surface area contributed by atoms with Crippen LogP contribution in [0.1, 0.15) is 18.4 Å². The molecule has 31 heavy (non-hydrogen) atoms. The molecule has 3 N–H and O–H groups in total. The summed E-state index contributed by atoms with van der Waals surface area (Å²) >= 11 is 0. The lowest BCUT2D eigenvalue weighted by molar-refractivity contribution is 0.0717. The second kappa shape index (κ2) is 9.52. The number of nitrogens with zero attached hydrogens (tertiary/aromatic N) is 6. The second-order valence-electron chi connectivity index (χ2n) is 7.58. The first kappa shape index (κ1) is 22.0. The fraction of sp³-hybridized carbons (Fsp3) is 0.579. The number of aliphatic hydroxyl groups excluding tert-OH is 1. The zero-order chi connectivity index (χ0) is 22.0. The lowest BCUT2D eigenvalue weighted by Crippen LogP contribution is -2.49. The number of pyridine rings is 1. The van der Waals surface area contributed by atoms with Crippen LogP contribution in [0.3, 0.4) is 0 Å². The molecule has 2 fully saturated rings. The Bertz CT molecular complexity index is 922. The maximum Gasteiger partial charge on any atom is 0.231 e. The van der Waals surface area contributed by atoms with Crippen molar-refractivity contribution in [3.63, 3.8) is 0 Å². The summed E-state index contributed by atoms with van der Waals surface area (Å²) in [5.41, 5.74) is 6.55. The molecule has 4 atom stereocenters. The fourth-order valence-electron chi connectivity index (χ4n) is 3.73. The number of hydrogen-bond donors (Lipinski definition) is 2. The molecule has 0 saturated carbocycles. The molecule has 4 rings (SSSR count). The van der Waals surface area contributed by atoms with Crippen molar-refractivity contribution in [1.82, 2.24) is 19.9 Å². The number of rotatable bonds is 5. The number of aliphatic hydroxyl groups is 1. The average molecular weight is 451 g/mol. The van der Waals surface area contributed by atoms with Crippen molar-refractivity contribution in [1.29, 1.82) is 0 Å². The molecule has 2 aromatic rings. The van der Waals surface area contributed by atoms with Crippen molar-refractivity contribution in [2.24, 2.45) is 0 Å². The molecule has 0 spiro atoms. The van der Waals surface area contributed by atoms with Gasteiger partial charge in [0.1, 0.15) is 11.7 Å². The zero-order valence-electron chi connectivity index (χ0n) is 17.3. The second-order valence-corrected chi connectivity index (χ2v) is 8.16. The number of anilines is 3. The highest BCUT2D eigenvalue weighted by molar-refractivity contribution is 7.16. The minimum Gasteiger partial charge on any atom is -0.394 e. The molecule has 0 bridgehead atoms. The van der Waals surface area contributed by atoms with Gasteiger partial charge in [-0.2, -0.15) is 15.0 Å². The molecule has 2 aliphatic heterocycles. The topological polar surface area (TPSA) is 123 Å². The molecule has 0 aromatic carbocycles. The van der Waals surface area contributed by atoms with Crippen LogP contribution in [0.15, 0.2) is 12.3 Å². The van der Waals surface area contributed by atoms with E-state index in [1.54, 1.807) is 0 Å². The van der Waals surface area contributed by atoms with Crippen molar-refractivity contribution < 1.29 is 19.0 Å². The molecule has 2 aromatic heterocycles. The Hall–Kier alpha value is -2.20. The molecular weight excluding hydrogens is 424 g/mol. The van der Waals surface area contributed by atoms with E-state index in [0.29, 0.717) is 68.4 Å². The van der Waals surface area contributed by atoms with Gasteiger partial charge in [0.15, 0.2) is 5.82 Å². The van der Waals surface area contributed by atoms with Crippen LogP contribution in [-0.4, -0.2) is 83.3 Å². The van der Waals surface area contributed by atoms with Crippen LogP contribution in [0.5, 0.6) is 0 Å². The summed E-state index contributed by atoms with van der Waals surface area (Å²) in [6, 6.07) is 1.27. The molecule has 0 radical (unpaired) electrons. The lowest BCUT2D eigenvalue weighted by Gasteiger charge is -2.36. The Balaban J connectivity index is 1.84. The van der Waals surface area contributed by atoms with Gasteiger partial charge in [-0.25, -0.2) is 9.37 Å². The molecule has 10 nitrogen and oxygen atoms in total. The maximum atomic E-state index is 14.4. The molecule has 0 aliphatic carbocycles. The van der Waals surface area contributed by atoms with Gasteiger partial charge in [-0.1, -0.05) is 9.24 Å². The minimum atomic E-state index is -1.36. The molecule has 2 saturated heterocycles. The van der Waals surface area contributed by atoms with Gasteiger partial charge in [-0.15, -0.1) is 0 Å². The molecule has 4 heterocycles. The van der Waals surface area contributed by atoms with Gasteiger partial charge in [0.05, 0.1) is 45.1 Å². The number of halogens is 1. The zero-order valence-corrected chi connectivity index (χ0v) is 18.5. The van der Waals surface area contributed by atoms with E-state index >= 15 is 0 Å². The predicted octanol–water partition coefficient (Wildman–Crippen LogP) is 0.782. The first-order valence-electron chi connectivity index (χ1n) is 10.2. The molecule has 12 heteroatoms. The molecule has 0 amide bonds. The minimum absolute atomic E-state index is 0.0647. The van der Waals surface area contributed by atoms with E-state index in [1.165, 1.54) is 12.3 Å². The van der Waals surface area contributed by atoms with E-state index in [1.807, 2.05) is 16.7 Å². The van der Waals surface area contributed by atoms with Gasteiger partial charge in [0, 0.05) is 30.4 Å². The highest BCUT2D eigenvalue weighted by Crippen LogP contribution is 2.34. The maximum absolute atomic E-state index is 14.4. The largest absolute Gasteiger partial charge is 0.394 e. The van der Waals surface area contributed by atoms with E-state index in [4.69, 9.17) is 20.2 Å². The Morgan fingerprint density at radius 3 is 2.55 bits per heavy atom. The number of alkyl halides is 1. The third-order valence-electron chi connectivity index (χ3n) is 5.43. The summed E-state index contributed by atoms with van der Waals surface area (Å²) in [4.78, 5) is 22.1. The van der Waals surface area contributed by atoms with E-state index in [9.17, 15) is 9.50 Å². The van der Waals surface area contributed by atoms with Crippen LogP contribution in [0, 0.1) is 0 Å². The Kier molecular flexibility index (Phi) is 6.76. The van der Waals surface area contributed by atoms with Crippen LogP contribution in [0.25, 0.3) is 11.4 Å². The Morgan fingerprint density at radius 1 is 1.19 bits per heavy atom. The first-order valence-corrected chi connectivity index (χ1v) is 10.9. The summed E-state index contributed by atoms with van der Waals surface area (Å²) in [5.74, 6) is 0.0342. The van der Waals surface area contributed by atoms with Gasteiger partial charge >= 0.3 is 0 Å². The highest BCUT2D eigenvalue weighted by atomic mass is 31.0.